The maximum atomic E-state index is 12.1. The average Bonchev–Trinajstić information content (AvgIpc) is 2.57. The molecule has 2 aromatic carbocycles. The van der Waals surface area contributed by atoms with Gasteiger partial charge in [0, 0.05) is 12.8 Å². The maximum Gasteiger partial charge on any atom is 0.338 e. The Morgan fingerprint density at radius 1 is 1.00 bits per heavy atom. The fraction of sp³-hybridized carbons (Fsp3) is 0.300. The first-order chi connectivity index (χ1) is 11.9. The molecule has 2 aromatic rings. The van der Waals surface area contributed by atoms with E-state index < -0.39 is 5.97 Å². The number of aryl methyl sites for hydroxylation is 3. The molecule has 0 aromatic heterocycles. The molecule has 0 unspecified atom stereocenters. The van der Waals surface area contributed by atoms with Crippen molar-refractivity contribution in [1.82, 2.24) is 0 Å². The molecule has 0 radical (unpaired) electrons. The van der Waals surface area contributed by atoms with Gasteiger partial charge in [0.15, 0.2) is 6.61 Å². The first kappa shape index (κ1) is 18.7. The summed E-state index contributed by atoms with van der Waals surface area (Å²) in [5, 5.41) is 2.81. The number of nitrogens with one attached hydrogen (secondary N) is 1. The van der Waals surface area contributed by atoms with Crippen LogP contribution in [0.4, 0.5) is 5.69 Å². The van der Waals surface area contributed by atoms with E-state index in [-0.39, 0.29) is 12.5 Å². The van der Waals surface area contributed by atoms with Gasteiger partial charge in [0.1, 0.15) is 0 Å². The highest BCUT2D eigenvalue weighted by atomic mass is 16.5. The quantitative estimate of drug-likeness (QED) is 0.816. The van der Waals surface area contributed by atoms with Gasteiger partial charge in [-0.2, -0.15) is 0 Å². The zero-order valence-corrected chi connectivity index (χ0v) is 15.0. The van der Waals surface area contributed by atoms with E-state index in [1.807, 2.05) is 32.9 Å². The second-order valence-corrected chi connectivity index (χ2v) is 6.03. The van der Waals surface area contributed by atoms with E-state index in [2.05, 4.69) is 5.32 Å². The molecule has 0 heterocycles. The second kappa shape index (κ2) is 8.44. The van der Waals surface area contributed by atoms with Gasteiger partial charge in [-0.05, 0) is 49.6 Å². The van der Waals surface area contributed by atoms with Crippen LogP contribution in [0.25, 0.3) is 0 Å². The lowest BCUT2D eigenvalue weighted by molar-refractivity contribution is -0.119. The van der Waals surface area contributed by atoms with Crippen molar-refractivity contribution in [2.75, 3.05) is 19.0 Å². The fourth-order valence-corrected chi connectivity index (χ4v) is 2.67. The second-order valence-electron chi connectivity index (χ2n) is 6.03. The molecule has 2 rings (SSSR count). The predicted octanol–water partition coefficient (Wildman–Crippen LogP) is 3.55. The van der Waals surface area contributed by atoms with Gasteiger partial charge in [0.2, 0.25) is 0 Å². The topological polar surface area (TPSA) is 64.6 Å². The van der Waals surface area contributed by atoms with Crippen LogP contribution < -0.4 is 5.32 Å². The average molecular weight is 341 g/mol. The Morgan fingerprint density at radius 2 is 1.60 bits per heavy atom. The zero-order chi connectivity index (χ0) is 18.4. The van der Waals surface area contributed by atoms with Gasteiger partial charge in [-0.15, -0.1) is 0 Å². The van der Waals surface area contributed by atoms with Gasteiger partial charge in [0.05, 0.1) is 12.2 Å². The van der Waals surface area contributed by atoms with Crippen LogP contribution in [0, 0.1) is 20.8 Å². The third kappa shape index (κ3) is 5.16. The largest absolute Gasteiger partial charge is 0.452 e. The number of anilines is 1. The van der Waals surface area contributed by atoms with Crippen LogP contribution in [-0.4, -0.2) is 25.6 Å². The third-order valence-electron chi connectivity index (χ3n) is 3.78. The summed E-state index contributed by atoms with van der Waals surface area (Å²) >= 11 is 0. The number of esters is 1. The van der Waals surface area contributed by atoms with Crippen molar-refractivity contribution < 1.29 is 19.1 Å². The normalized spacial score (nSPS) is 10.4. The molecule has 1 N–H and O–H groups in total. The van der Waals surface area contributed by atoms with Crippen molar-refractivity contribution in [3.8, 4) is 0 Å². The molecule has 0 saturated heterocycles. The highest BCUT2D eigenvalue weighted by molar-refractivity contribution is 5.96. The molecule has 1 amide bonds. The van der Waals surface area contributed by atoms with Gasteiger partial charge in [-0.3, -0.25) is 4.79 Å². The molecule has 0 aliphatic carbocycles. The van der Waals surface area contributed by atoms with Gasteiger partial charge in [0.25, 0.3) is 5.91 Å². The molecule has 0 bridgehead atoms. The van der Waals surface area contributed by atoms with Crippen LogP contribution in [0.1, 0.15) is 32.6 Å². The van der Waals surface area contributed by atoms with Crippen molar-refractivity contribution in [3.05, 3.63) is 64.2 Å². The van der Waals surface area contributed by atoms with Crippen molar-refractivity contribution in [2.45, 2.75) is 27.4 Å². The van der Waals surface area contributed by atoms with E-state index in [1.165, 1.54) is 0 Å². The molecule has 25 heavy (non-hydrogen) atoms. The molecular formula is C20H23NO4. The third-order valence-corrected chi connectivity index (χ3v) is 3.78. The molecule has 5 nitrogen and oxygen atoms in total. The highest BCUT2D eigenvalue weighted by Gasteiger charge is 2.12. The summed E-state index contributed by atoms with van der Waals surface area (Å²) < 4.78 is 10.1. The van der Waals surface area contributed by atoms with Crippen LogP contribution in [0.3, 0.4) is 0 Å². The molecule has 0 spiro atoms. The number of ether oxygens (including phenoxy) is 2. The number of amides is 1. The fourth-order valence-electron chi connectivity index (χ4n) is 2.67. The summed E-state index contributed by atoms with van der Waals surface area (Å²) in [6.07, 6.45) is 0. The van der Waals surface area contributed by atoms with Gasteiger partial charge in [-0.1, -0.05) is 29.8 Å². The Morgan fingerprint density at radius 3 is 2.16 bits per heavy atom. The van der Waals surface area contributed by atoms with Crippen molar-refractivity contribution in [3.63, 3.8) is 0 Å². The Hall–Kier alpha value is -2.66. The van der Waals surface area contributed by atoms with Crippen molar-refractivity contribution >= 4 is 17.6 Å². The highest BCUT2D eigenvalue weighted by Crippen LogP contribution is 2.21. The van der Waals surface area contributed by atoms with Gasteiger partial charge >= 0.3 is 5.97 Å². The molecule has 132 valence electrons. The smallest absolute Gasteiger partial charge is 0.338 e. The van der Waals surface area contributed by atoms with Crippen LogP contribution in [0.5, 0.6) is 0 Å². The summed E-state index contributed by atoms with van der Waals surface area (Å²) in [4.78, 5) is 24.1. The Labute approximate surface area is 148 Å². The monoisotopic (exact) mass is 341 g/mol. The van der Waals surface area contributed by atoms with Crippen LogP contribution in [0.15, 0.2) is 36.4 Å². The van der Waals surface area contributed by atoms with E-state index in [9.17, 15) is 9.59 Å². The minimum atomic E-state index is -0.531. The minimum absolute atomic E-state index is 0.328. The molecular weight excluding hydrogens is 318 g/mol. The lowest BCUT2D eigenvalue weighted by Gasteiger charge is -2.13. The molecule has 0 aliphatic rings. The molecule has 0 atom stereocenters. The minimum Gasteiger partial charge on any atom is -0.452 e. The number of carbonyl (C=O) groups is 2. The summed E-state index contributed by atoms with van der Waals surface area (Å²) in [6.45, 7) is 6.02. The van der Waals surface area contributed by atoms with Crippen LogP contribution >= 0.6 is 0 Å². The lowest BCUT2D eigenvalue weighted by Crippen LogP contribution is -2.22. The molecule has 0 fully saturated rings. The number of benzene rings is 2. The first-order valence-corrected chi connectivity index (χ1v) is 8.03. The SMILES string of the molecule is COCc1ccc(C(=O)OCC(=O)Nc2c(C)cc(C)cc2C)cc1. The van der Waals surface area contributed by atoms with Gasteiger partial charge in [-0.25, -0.2) is 4.79 Å². The Kier molecular flexibility index (Phi) is 6.31. The summed E-state index contributed by atoms with van der Waals surface area (Å²) in [6, 6.07) is 10.9. The molecule has 0 saturated carbocycles. The number of hydrogen-bond acceptors (Lipinski definition) is 4. The number of hydrogen-bond donors (Lipinski definition) is 1. The van der Waals surface area contributed by atoms with Crippen LogP contribution in [0.2, 0.25) is 0 Å². The summed E-state index contributed by atoms with van der Waals surface area (Å²) in [7, 11) is 1.61. The first-order valence-electron chi connectivity index (χ1n) is 8.03. The van der Waals surface area contributed by atoms with Crippen LogP contribution in [-0.2, 0) is 20.9 Å². The van der Waals surface area contributed by atoms with Crippen molar-refractivity contribution in [1.29, 1.82) is 0 Å². The van der Waals surface area contributed by atoms with E-state index in [0.717, 1.165) is 27.9 Å². The maximum absolute atomic E-state index is 12.1. The van der Waals surface area contributed by atoms with E-state index in [1.54, 1.807) is 31.4 Å². The van der Waals surface area contributed by atoms with E-state index in [0.29, 0.717) is 12.2 Å². The predicted molar refractivity (Wildman–Crippen MR) is 96.7 cm³/mol. The molecule has 5 heteroatoms. The molecule has 0 aliphatic heterocycles. The zero-order valence-electron chi connectivity index (χ0n) is 15.0. The number of rotatable bonds is 6. The lowest BCUT2D eigenvalue weighted by atomic mass is 10.1. The number of carbonyl (C=O) groups excluding carboxylic acids is 2. The Balaban J connectivity index is 1.92. The van der Waals surface area contributed by atoms with Crippen molar-refractivity contribution in [2.24, 2.45) is 0 Å². The number of methoxy groups -OCH3 is 1. The Bertz CT molecular complexity index is 743. The standard InChI is InChI=1S/C20H23NO4/c1-13-9-14(2)19(15(3)10-13)21-18(22)12-25-20(23)17-7-5-16(6-8-17)11-24-4/h5-10H,11-12H2,1-4H3,(H,21,22). The summed E-state index contributed by atoms with van der Waals surface area (Å²) in [5.41, 5.74) is 5.21. The summed E-state index contributed by atoms with van der Waals surface area (Å²) in [5.74, 6) is -0.893. The van der Waals surface area contributed by atoms with E-state index >= 15 is 0 Å². The van der Waals surface area contributed by atoms with E-state index in [4.69, 9.17) is 9.47 Å². The van der Waals surface area contributed by atoms with Gasteiger partial charge < -0.3 is 14.8 Å².